The van der Waals surface area contributed by atoms with Crippen molar-refractivity contribution in [3.05, 3.63) is 29.8 Å². The number of aromatic nitrogens is 2. The lowest BCUT2D eigenvalue weighted by atomic mass is 9.95. The van der Waals surface area contributed by atoms with Crippen molar-refractivity contribution in [2.45, 2.75) is 12.0 Å². The first-order valence-electron chi connectivity index (χ1n) is 6.25. The Morgan fingerprint density at radius 1 is 1.29 bits per heavy atom. The van der Waals surface area contributed by atoms with Crippen LogP contribution in [0.2, 0.25) is 0 Å². The largest absolute Gasteiger partial charge is 0.393 e. The molecule has 0 bridgehead atoms. The maximum atomic E-state index is 13.4. The molecule has 1 aliphatic rings. The fraction of sp³-hybridized carbons (Fsp3) is 0.385. The number of halogens is 3. The van der Waals surface area contributed by atoms with Gasteiger partial charge in [0.15, 0.2) is 5.82 Å². The minimum absolute atomic E-state index is 0.0365. The third kappa shape index (κ3) is 2.40. The number of aliphatic hydroxyl groups is 2. The summed E-state index contributed by atoms with van der Waals surface area (Å²) in [5.74, 6) is -1.05. The number of benzene rings is 1. The minimum Gasteiger partial charge on any atom is -0.393 e. The van der Waals surface area contributed by atoms with E-state index in [1.807, 2.05) is 0 Å². The van der Waals surface area contributed by atoms with Gasteiger partial charge < -0.3 is 15.1 Å². The van der Waals surface area contributed by atoms with E-state index in [1.165, 1.54) is 11.0 Å². The first-order chi connectivity index (χ1) is 9.92. The average molecular weight is 299 g/mol. The number of β-amino-alcohol motifs (C(OH)–C–C–N with tert-alkyl or cyclic N) is 1. The van der Waals surface area contributed by atoms with Gasteiger partial charge in [-0.1, -0.05) is 0 Å². The van der Waals surface area contributed by atoms with Crippen LogP contribution in [0.3, 0.4) is 0 Å². The Morgan fingerprint density at radius 2 is 2.00 bits per heavy atom. The van der Waals surface area contributed by atoms with Crippen molar-refractivity contribution >= 4 is 16.7 Å². The van der Waals surface area contributed by atoms with E-state index < -0.39 is 30.3 Å². The molecular formula is C13H12F3N3O2. The molecule has 5 nitrogen and oxygen atoms in total. The topological polar surface area (TPSA) is 69.5 Å². The van der Waals surface area contributed by atoms with Gasteiger partial charge in [-0.3, -0.25) is 0 Å². The zero-order valence-corrected chi connectivity index (χ0v) is 10.8. The Hall–Kier alpha value is -1.93. The number of hydrogen-bond donors (Lipinski definition) is 2. The number of rotatable bonds is 3. The van der Waals surface area contributed by atoms with Crippen molar-refractivity contribution in [1.29, 1.82) is 0 Å². The molecule has 0 unspecified atom stereocenters. The van der Waals surface area contributed by atoms with Gasteiger partial charge in [-0.15, -0.1) is 0 Å². The fourth-order valence-electron chi connectivity index (χ4n) is 2.35. The van der Waals surface area contributed by atoms with Gasteiger partial charge in [0.1, 0.15) is 17.2 Å². The van der Waals surface area contributed by atoms with Crippen molar-refractivity contribution < 1.29 is 23.4 Å². The SMILES string of the molecule is OCC1(O)CN(c2nc(C(F)F)nc3ccc(F)cc23)C1. The molecule has 1 fully saturated rings. The molecule has 0 saturated carbocycles. The monoisotopic (exact) mass is 299 g/mol. The second-order valence-electron chi connectivity index (χ2n) is 5.11. The van der Waals surface area contributed by atoms with Crippen molar-refractivity contribution in [2.75, 3.05) is 24.6 Å². The number of aliphatic hydroxyl groups excluding tert-OH is 1. The Bertz CT molecular complexity index is 690. The third-order valence-corrected chi connectivity index (χ3v) is 3.41. The number of nitrogens with zero attached hydrogens (tertiary/aromatic N) is 3. The summed E-state index contributed by atoms with van der Waals surface area (Å²) >= 11 is 0. The Balaban J connectivity index is 2.09. The van der Waals surface area contributed by atoms with E-state index in [-0.39, 0.29) is 24.4 Å². The van der Waals surface area contributed by atoms with Gasteiger partial charge in [-0.05, 0) is 18.2 Å². The summed E-state index contributed by atoms with van der Waals surface area (Å²) in [4.78, 5) is 8.98. The standard InChI is InChI=1S/C13H12F3N3O2/c14-7-1-2-9-8(3-7)12(18-11(17-9)10(15)16)19-4-13(21,5-19)6-20/h1-3,10,20-21H,4-6H2. The minimum atomic E-state index is -2.85. The summed E-state index contributed by atoms with van der Waals surface area (Å²) in [5.41, 5.74) is -1.08. The molecule has 0 amide bonds. The molecule has 1 aromatic carbocycles. The molecule has 0 atom stereocenters. The van der Waals surface area contributed by atoms with E-state index in [0.717, 1.165) is 12.1 Å². The highest BCUT2D eigenvalue weighted by Crippen LogP contribution is 2.33. The molecule has 0 radical (unpaired) electrons. The van der Waals surface area contributed by atoms with E-state index >= 15 is 0 Å². The van der Waals surface area contributed by atoms with Gasteiger partial charge in [-0.25, -0.2) is 23.1 Å². The van der Waals surface area contributed by atoms with E-state index in [9.17, 15) is 18.3 Å². The average Bonchev–Trinajstić information content (AvgIpc) is 2.42. The molecule has 8 heteroatoms. The van der Waals surface area contributed by atoms with Gasteiger partial charge >= 0.3 is 0 Å². The van der Waals surface area contributed by atoms with Crippen LogP contribution in [-0.4, -0.2) is 45.5 Å². The molecule has 1 saturated heterocycles. The van der Waals surface area contributed by atoms with Gasteiger partial charge in [0.2, 0.25) is 0 Å². The van der Waals surface area contributed by atoms with Crippen LogP contribution in [0.5, 0.6) is 0 Å². The first-order valence-corrected chi connectivity index (χ1v) is 6.25. The maximum Gasteiger partial charge on any atom is 0.297 e. The zero-order valence-electron chi connectivity index (χ0n) is 10.8. The third-order valence-electron chi connectivity index (χ3n) is 3.41. The smallest absolute Gasteiger partial charge is 0.297 e. The maximum absolute atomic E-state index is 13.4. The Morgan fingerprint density at radius 3 is 2.62 bits per heavy atom. The molecule has 112 valence electrons. The molecule has 21 heavy (non-hydrogen) atoms. The zero-order chi connectivity index (χ0) is 15.2. The summed E-state index contributed by atoms with van der Waals surface area (Å²) in [6.45, 7) is -0.369. The quantitative estimate of drug-likeness (QED) is 0.892. The summed E-state index contributed by atoms with van der Waals surface area (Å²) in [7, 11) is 0. The lowest BCUT2D eigenvalue weighted by molar-refractivity contribution is -0.0362. The molecular weight excluding hydrogens is 287 g/mol. The summed E-state index contributed by atoms with van der Waals surface area (Å²) in [5, 5.41) is 19.1. The van der Waals surface area contributed by atoms with Crippen LogP contribution in [-0.2, 0) is 0 Å². The number of hydrogen-bond acceptors (Lipinski definition) is 5. The molecule has 2 N–H and O–H groups in total. The highest BCUT2D eigenvalue weighted by Gasteiger charge is 2.42. The van der Waals surface area contributed by atoms with Gasteiger partial charge in [0, 0.05) is 5.39 Å². The fourth-order valence-corrected chi connectivity index (χ4v) is 2.35. The lowest BCUT2D eigenvalue weighted by Gasteiger charge is -2.46. The van der Waals surface area contributed by atoms with E-state index in [0.29, 0.717) is 5.39 Å². The molecule has 1 aliphatic heterocycles. The number of fused-ring (bicyclic) bond motifs is 1. The molecule has 0 aliphatic carbocycles. The highest BCUT2D eigenvalue weighted by molar-refractivity contribution is 5.90. The van der Waals surface area contributed by atoms with Gasteiger partial charge in [0.05, 0.1) is 25.2 Å². The normalized spacial score (nSPS) is 17.3. The van der Waals surface area contributed by atoms with Crippen LogP contribution in [0.25, 0.3) is 10.9 Å². The second-order valence-corrected chi connectivity index (χ2v) is 5.11. The Labute approximate surface area is 117 Å². The molecule has 0 spiro atoms. The van der Waals surface area contributed by atoms with Gasteiger partial charge in [-0.2, -0.15) is 0 Å². The predicted molar refractivity (Wildman–Crippen MR) is 68.7 cm³/mol. The van der Waals surface area contributed by atoms with Crippen molar-refractivity contribution in [2.24, 2.45) is 0 Å². The first kappa shape index (κ1) is 14.0. The van der Waals surface area contributed by atoms with Crippen LogP contribution in [0, 0.1) is 5.82 Å². The number of anilines is 1. The van der Waals surface area contributed by atoms with Crippen molar-refractivity contribution in [1.82, 2.24) is 9.97 Å². The Kier molecular flexibility index (Phi) is 3.22. The molecule has 2 heterocycles. The molecule has 3 rings (SSSR count). The van der Waals surface area contributed by atoms with E-state index in [2.05, 4.69) is 9.97 Å². The van der Waals surface area contributed by atoms with Gasteiger partial charge in [0.25, 0.3) is 6.43 Å². The highest BCUT2D eigenvalue weighted by atomic mass is 19.3. The second kappa shape index (κ2) is 4.81. The summed E-state index contributed by atoms with van der Waals surface area (Å²) in [6, 6.07) is 3.60. The molecule has 2 aromatic rings. The van der Waals surface area contributed by atoms with E-state index in [1.54, 1.807) is 0 Å². The summed E-state index contributed by atoms with van der Waals surface area (Å²) in [6.07, 6.45) is -2.85. The van der Waals surface area contributed by atoms with E-state index in [4.69, 9.17) is 5.11 Å². The van der Waals surface area contributed by atoms with Crippen LogP contribution >= 0.6 is 0 Å². The van der Waals surface area contributed by atoms with Crippen molar-refractivity contribution in [3.63, 3.8) is 0 Å². The molecule has 1 aromatic heterocycles. The lowest BCUT2D eigenvalue weighted by Crippen LogP contribution is -2.64. The number of alkyl halides is 2. The van der Waals surface area contributed by atoms with Crippen molar-refractivity contribution in [3.8, 4) is 0 Å². The van der Waals surface area contributed by atoms with Crippen LogP contribution in [0.15, 0.2) is 18.2 Å². The van der Waals surface area contributed by atoms with Crippen LogP contribution < -0.4 is 4.90 Å². The predicted octanol–water partition coefficient (Wildman–Crippen LogP) is 1.25. The summed E-state index contributed by atoms with van der Waals surface area (Å²) < 4.78 is 39.1. The van der Waals surface area contributed by atoms with Crippen LogP contribution in [0.1, 0.15) is 12.2 Å². The van der Waals surface area contributed by atoms with Crippen LogP contribution in [0.4, 0.5) is 19.0 Å².